The first-order chi connectivity index (χ1) is 13.9. The summed E-state index contributed by atoms with van der Waals surface area (Å²) in [5, 5.41) is 0. The van der Waals surface area contributed by atoms with E-state index in [0.29, 0.717) is 0 Å². The Hall–Kier alpha value is -1.67. The quantitative estimate of drug-likeness (QED) is 0.183. The van der Waals surface area contributed by atoms with Gasteiger partial charge in [0.1, 0.15) is 0 Å². The van der Waals surface area contributed by atoms with E-state index in [1.165, 1.54) is 44.5 Å². The van der Waals surface area contributed by atoms with Gasteiger partial charge in [-0.3, -0.25) is 0 Å². The van der Waals surface area contributed by atoms with Gasteiger partial charge in [0.15, 0.2) is 0 Å². The van der Waals surface area contributed by atoms with E-state index in [9.17, 15) is 0 Å². The van der Waals surface area contributed by atoms with E-state index in [4.69, 9.17) is 0 Å². The van der Waals surface area contributed by atoms with Crippen molar-refractivity contribution in [2.24, 2.45) is 0 Å². The van der Waals surface area contributed by atoms with Gasteiger partial charge in [0.25, 0.3) is 0 Å². The molecule has 0 amide bonds. The molecule has 154 valence electrons. The molecule has 6 rings (SSSR count). The van der Waals surface area contributed by atoms with Gasteiger partial charge < -0.3 is 0 Å². The number of fused-ring (bicyclic) bond motifs is 6. The molecule has 31 heavy (non-hydrogen) atoms. The smallest absolute Gasteiger partial charge is 0 e. The third kappa shape index (κ3) is 4.09. The van der Waals surface area contributed by atoms with E-state index in [-0.39, 0.29) is 50.7 Å². The monoisotopic (exact) mass is 610 g/mol. The summed E-state index contributed by atoms with van der Waals surface area (Å²) in [4.78, 5) is 0. The molecule has 0 aliphatic heterocycles. The molecule has 0 bridgehead atoms. The van der Waals surface area contributed by atoms with Crippen LogP contribution in [0.2, 0.25) is 0 Å². The molecule has 4 aromatic carbocycles. The number of halogens is 2. The van der Waals surface area contributed by atoms with Crippen molar-refractivity contribution in [1.82, 2.24) is 0 Å². The SMILES string of the molecule is Cl.Cl.[Hf].c1ccc2c(c1)Cc1c(CCc3cccc4c3Cc3ccccc3-4)cccc1-2. The molecule has 0 aromatic heterocycles. The van der Waals surface area contributed by atoms with Crippen LogP contribution in [0.15, 0.2) is 84.9 Å². The van der Waals surface area contributed by atoms with Gasteiger partial charge in [-0.05, 0) is 81.3 Å². The molecule has 2 aliphatic rings. The van der Waals surface area contributed by atoms with Gasteiger partial charge >= 0.3 is 0 Å². The van der Waals surface area contributed by atoms with Crippen molar-refractivity contribution in [1.29, 1.82) is 0 Å². The van der Waals surface area contributed by atoms with Crippen LogP contribution >= 0.6 is 24.8 Å². The summed E-state index contributed by atoms with van der Waals surface area (Å²) >= 11 is 0. The average Bonchev–Trinajstić information content (AvgIpc) is 3.31. The summed E-state index contributed by atoms with van der Waals surface area (Å²) in [7, 11) is 0. The average molecular weight is 610 g/mol. The largest absolute Gasteiger partial charge is 0.147 e. The third-order valence-electron chi connectivity index (χ3n) is 6.56. The Labute approximate surface area is 215 Å². The summed E-state index contributed by atoms with van der Waals surface area (Å²) in [6.45, 7) is 0. The maximum absolute atomic E-state index is 2.34. The molecule has 0 heterocycles. The van der Waals surface area contributed by atoms with Gasteiger partial charge in [-0.25, -0.2) is 0 Å². The molecule has 0 fully saturated rings. The number of hydrogen-bond acceptors (Lipinski definition) is 0. The van der Waals surface area contributed by atoms with E-state index in [1.54, 1.807) is 11.1 Å². The summed E-state index contributed by atoms with van der Waals surface area (Å²) < 4.78 is 0. The van der Waals surface area contributed by atoms with Crippen molar-refractivity contribution in [3.63, 3.8) is 0 Å². The third-order valence-corrected chi connectivity index (χ3v) is 6.56. The molecule has 2 aliphatic carbocycles. The first kappa shape index (κ1) is 24.0. The van der Waals surface area contributed by atoms with Gasteiger partial charge in [-0.1, -0.05) is 84.9 Å². The summed E-state index contributed by atoms with van der Waals surface area (Å²) in [6, 6.07) is 31.5. The van der Waals surface area contributed by atoms with Crippen molar-refractivity contribution in [2.75, 3.05) is 0 Å². The van der Waals surface area contributed by atoms with Crippen LogP contribution in [0.1, 0.15) is 33.4 Å². The van der Waals surface area contributed by atoms with Crippen molar-refractivity contribution in [2.45, 2.75) is 25.7 Å². The fourth-order valence-corrected chi connectivity index (χ4v) is 5.18. The summed E-state index contributed by atoms with van der Waals surface area (Å²) in [5.74, 6) is 0. The predicted molar refractivity (Wildman–Crippen MR) is 131 cm³/mol. The van der Waals surface area contributed by atoms with Crippen LogP contribution in [0.5, 0.6) is 0 Å². The van der Waals surface area contributed by atoms with Crippen molar-refractivity contribution < 1.29 is 25.8 Å². The molecular formula is C28H24Cl2Hf. The van der Waals surface area contributed by atoms with Crippen molar-refractivity contribution >= 4 is 24.8 Å². The van der Waals surface area contributed by atoms with E-state index in [2.05, 4.69) is 84.9 Å². The van der Waals surface area contributed by atoms with Gasteiger partial charge in [0.05, 0.1) is 0 Å². The Bertz CT molecular complexity index is 1130. The van der Waals surface area contributed by atoms with Gasteiger partial charge in [0.2, 0.25) is 0 Å². The first-order valence-corrected chi connectivity index (χ1v) is 10.3. The first-order valence-electron chi connectivity index (χ1n) is 10.3. The zero-order valence-corrected chi connectivity index (χ0v) is 22.5. The predicted octanol–water partition coefficient (Wildman–Crippen LogP) is 7.46. The molecular weight excluding hydrogens is 586 g/mol. The molecule has 0 atom stereocenters. The topological polar surface area (TPSA) is 0 Å². The molecule has 3 heteroatoms. The molecule has 0 unspecified atom stereocenters. The molecule has 0 N–H and O–H groups in total. The van der Waals surface area contributed by atoms with Crippen LogP contribution in [-0.4, -0.2) is 0 Å². The maximum atomic E-state index is 2.34. The molecule has 0 nitrogen and oxygen atoms in total. The van der Waals surface area contributed by atoms with Gasteiger partial charge in [-0.2, -0.15) is 0 Å². The van der Waals surface area contributed by atoms with E-state index < -0.39 is 0 Å². The Kier molecular flexibility index (Phi) is 7.63. The Morgan fingerprint density at radius 3 is 1.29 bits per heavy atom. The molecule has 0 radical (unpaired) electrons. The van der Waals surface area contributed by atoms with Crippen LogP contribution in [0.4, 0.5) is 0 Å². The van der Waals surface area contributed by atoms with Crippen LogP contribution in [0.3, 0.4) is 0 Å². The second-order valence-electron chi connectivity index (χ2n) is 8.05. The minimum absolute atomic E-state index is 0. The minimum Gasteiger partial charge on any atom is -0.147 e. The Balaban J connectivity index is 0.000000907. The maximum Gasteiger partial charge on any atom is 0 e. The fraction of sp³-hybridized carbons (Fsp3) is 0.143. The normalized spacial score (nSPS) is 11.7. The Morgan fingerprint density at radius 2 is 0.839 bits per heavy atom. The van der Waals surface area contributed by atoms with Gasteiger partial charge in [0, 0.05) is 25.8 Å². The zero-order valence-electron chi connectivity index (χ0n) is 17.2. The summed E-state index contributed by atoms with van der Waals surface area (Å²) in [6.07, 6.45) is 4.40. The van der Waals surface area contributed by atoms with E-state index in [0.717, 1.165) is 25.7 Å². The van der Waals surface area contributed by atoms with Crippen molar-refractivity contribution in [3.8, 4) is 22.3 Å². The van der Waals surface area contributed by atoms with E-state index in [1.807, 2.05) is 0 Å². The van der Waals surface area contributed by atoms with Crippen LogP contribution < -0.4 is 0 Å². The Morgan fingerprint density at radius 1 is 0.452 bits per heavy atom. The second-order valence-corrected chi connectivity index (χ2v) is 8.05. The fourth-order valence-electron chi connectivity index (χ4n) is 5.18. The van der Waals surface area contributed by atoms with Gasteiger partial charge in [-0.15, -0.1) is 24.8 Å². The molecule has 0 spiro atoms. The van der Waals surface area contributed by atoms with Crippen LogP contribution in [-0.2, 0) is 51.5 Å². The van der Waals surface area contributed by atoms with Crippen LogP contribution in [0.25, 0.3) is 22.3 Å². The number of hydrogen-bond donors (Lipinski definition) is 0. The zero-order chi connectivity index (χ0) is 18.5. The van der Waals surface area contributed by atoms with Crippen LogP contribution in [0, 0.1) is 0 Å². The molecule has 4 aromatic rings. The van der Waals surface area contributed by atoms with E-state index >= 15 is 0 Å². The number of benzene rings is 4. The summed E-state index contributed by atoms with van der Waals surface area (Å²) in [5.41, 5.74) is 14.8. The molecule has 0 saturated heterocycles. The number of aryl methyl sites for hydroxylation is 2. The standard InChI is InChI=1S/C28H22.2ClH.Hf/c1-3-11-23-21(7-1)17-27-19(9-5-13-25(23)27)15-16-20-10-6-14-26-24-12-4-2-8-22(24)18-28(20)26;;;/h1-14H,15-18H2;2*1H;. The number of rotatable bonds is 3. The second kappa shape index (κ2) is 9.86. The molecule has 0 saturated carbocycles. The minimum atomic E-state index is 0. The van der Waals surface area contributed by atoms with Crippen molar-refractivity contribution in [3.05, 3.63) is 118 Å².